The third-order valence-electron chi connectivity index (χ3n) is 4.96. The van der Waals surface area contributed by atoms with Gasteiger partial charge in [-0.3, -0.25) is 0 Å². The van der Waals surface area contributed by atoms with Crippen molar-refractivity contribution in [2.24, 2.45) is 11.6 Å². The third kappa shape index (κ3) is 7.38. The van der Waals surface area contributed by atoms with Crippen molar-refractivity contribution in [2.75, 3.05) is 33.4 Å². The zero-order chi connectivity index (χ0) is 21.9. The van der Waals surface area contributed by atoms with Crippen molar-refractivity contribution >= 4 is 11.8 Å². The van der Waals surface area contributed by atoms with E-state index in [4.69, 9.17) is 25.8 Å². The van der Waals surface area contributed by atoms with Crippen LogP contribution in [0.4, 0.5) is 4.79 Å². The highest BCUT2D eigenvalue weighted by atomic mass is 16.6. The number of rotatable bonds is 10. The minimum atomic E-state index is -0.567. The minimum absolute atomic E-state index is 0.105. The fraction of sp³-hybridized carbons (Fsp3) is 0.619. The van der Waals surface area contributed by atoms with E-state index in [2.05, 4.69) is 10.3 Å². The lowest BCUT2D eigenvalue weighted by Crippen LogP contribution is -2.37. The van der Waals surface area contributed by atoms with Gasteiger partial charge in [0, 0.05) is 13.7 Å². The van der Waals surface area contributed by atoms with Gasteiger partial charge in [0.05, 0.1) is 42.0 Å². The summed E-state index contributed by atoms with van der Waals surface area (Å²) in [5.74, 6) is 6.70. The molecule has 1 amide bonds. The summed E-state index contributed by atoms with van der Waals surface area (Å²) in [5.41, 5.74) is 8.55. The Balaban J connectivity index is 2.02. The first kappa shape index (κ1) is 23.8. The average Bonchev–Trinajstić information content (AvgIpc) is 2.73. The summed E-state index contributed by atoms with van der Waals surface area (Å²) in [6, 6.07) is 3.70. The van der Waals surface area contributed by atoms with E-state index in [-0.39, 0.29) is 19.3 Å². The number of hydrogen-bond donors (Lipinski definition) is 3. The predicted octanol–water partition coefficient (Wildman–Crippen LogP) is 2.30. The Hall–Kier alpha value is -2.52. The highest BCUT2D eigenvalue weighted by Crippen LogP contribution is 2.26. The summed E-state index contributed by atoms with van der Waals surface area (Å²) in [4.78, 5) is 16.4. The first-order valence-electron chi connectivity index (χ1n) is 10.5. The maximum absolute atomic E-state index is 11.8. The summed E-state index contributed by atoms with van der Waals surface area (Å²) >= 11 is 0. The lowest BCUT2D eigenvalue weighted by atomic mass is 9.98. The largest absolute Gasteiger partial charge is 0.489 e. The number of hydrogen-bond acceptors (Lipinski definition) is 8. The molecule has 9 heteroatoms. The number of alkyl carbamates (subject to hydrolysis) is 1. The Morgan fingerprint density at radius 2 is 2.00 bits per heavy atom. The van der Waals surface area contributed by atoms with E-state index in [9.17, 15) is 4.79 Å². The number of aromatic nitrogens is 1. The molecule has 1 heterocycles. The number of amides is 1. The lowest BCUT2D eigenvalue weighted by Gasteiger charge is -2.24. The fourth-order valence-electron chi connectivity index (χ4n) is 3.29. The number of nitrogens with one attached hydrogen (secondary N) is 1. The molecule has 1 aliphatic carbocycles. The van der Waals surface area contributed by atoms with E-state index in [1.165, 1.54) is 24.3 Å². The molecule has 0 spiro atoms. The maximum Gasteiger partial charge on any atom is 0.407 e. The van der Waals surface area contributed by atoms with Gasteiger partial charge in [-0.05, 0) is 51.7 Å². The normalized spacial score (nSPS) is 15.3. The maximum atomic E-state index is 11.8. The smallest absolute Gasteiger partial charge is 0.407 e. The number of nitrogens with two attached hydrogens (primary N) is 2. The van der Waals surface area contributed by atoms with E-state index in [1.54, 1.807) is 7.05 Å². The SMILES string of the molecule is CCOCCOC(=O)NC/C(=C(/N)c1ccc(OC2CCCCC2)c(C)n1)N(C)N. The van der Waals surface area contributed by atoms with Crippen LogP contribution in [0.5, 0.6) is 5.75 Å². The molecule has 1 aromatic heterocycles. The number of ether oxygens (including phenoxy) is 3. The van der Waals surface area contributed by atoms with Crippen molar-refractivity contribution < 1.29 is 19.0 Å². The molecule has 1 saturated carbocycles. The van der Waals surface area contributed by atoms with Crippen LogP contribution in [-0.2, 0) is 9.47 Å². The molecular formula is C21H35N5O4. The number of carbonyl (C=O) groups excluding carboxylic acids is 1. The summed E-state index contributed by atoms with van der Waals surface area (Å²) in [5, 5.41) is 4.00. The van der Waals surface area contributed by atoms with Gasteiger partial charge >= 0.3 is 6.09 Å². The van der Waals surface area contributed by atoms with Gasteiger partial charge in [-0.2, -0.15) is 0 Å². The van der Waals surface area contributed by atoms with Gasteiger partial charge in [0.25, 0.3) is 0 Å². The molecule has 30 heavy (non-hydrogen) atoms. The van der Waals surface area contributed by atoms with Crippen molar-refractivity contribution in [3.05, 3.63) is 29.2 Å². The number of likely N-dealkylation sites (N-methyl/N-ethyl adjacent to an activating group) is 1. The van der Waals surface area contributed by atoms with Crippen LogP contribution in [0.2, 0.25) is 0 Å². The Bertz CT molecular complexity index is 717. The Morgan fingerprint density at radius 3 is 2.63 bits per heavy atom. The molecule has 5 N–H and O–H groups in total. The molecule has 9 nitrogen and oxygen atoms in total. The van der Waals surface area contributed by atoms with Crippen LogP contribution in [0.25, 0.3) is 5.70 Å². The predicted molar refractivity (Wildman–Crippen MR) is 115 cm³/mol. The van der Waals surface area contributed by atoms with Gasteiger partial charge in [0.15, 0.2) is 0 Å². The van der Waals surface area contributed by atoms with E-state index >= 15 is 0 Å². The molecule has 0 saturated heterocycles. The quantitative estimate of drug-likeness (QED) is 0.299. The summed E-state index contributed by atoms with van der Waals surface area (Å²) in [6.45, 7) is 4.98. The molecule has 2 rings (SSSR count). The van der Waals surface area contributed by atoms with Crippen LogP contribution >= 0.6 is 0 Å². The van der Waals surface area contributed by atoms with Gasteiger partial charge in [-0.15, -0.1) is 0 Å². The highest BCUT2D eigenvalue weighted by molar-refractivity contribution is 5.69. The van der Waals surface area contributed by atoms with Crippen molar-refractivity contribution in [1.82, 2.24) is 15.3 Å². The van der Waals surface area contributed by atoms with E-state index in [0.717, 1.165) is 24.3 Å². The molecular weight excluding hydrogens is 386 g/mol. The highest BCUT2D eigenvalue weighted by Gasteiger charge is 2.18. The van der Waals surface area contributed by atoms with Crippen molar-refractivity contribution in [3.8, 4) is 5.75 Å². The van der Waals surface area contributed by atoms with Crippen LogP contribution in [-0.4, -0.2) is 55.6 Å². The minimum Gasteiger partial charge on any atom is -0.489 e. The molecule has 0 bridgehead atoms. The second-order valence-corrected chi connectivity index (χ2v) is 7.32. The summed E-state index contributed by atoms with van der Waals surface area (Å²) < 4.78 is 16.3. The molecule has 0 unspecified atom stereocenters. The first-order chi connectivity index (χ1) is 14.4. The van der Waals surface area contributed by atoms with Crippen LogP contribution < -0.4 is 21.6 Å². The van der Waals surface area contributed by atoms with Gasteiger partial charge in [0.2, 0.25) is 0 Å². The van der Waals surface area contributed by atoms with E-state index < -0.39 is 6.09 Å². The summed E-state index contributed by atoms with van der Waals surface area (Å²) in [6.07, 6.45) is 5.54. The molecule has 1 fully saturated rings. The molecule has 1 aromatic rings. The first-order valence-corrected chi connectivity index (χ1v) is 10.5. The van der Waals surface area contributed by atoms with Crippen LogP contribution in [0.1, 0.15) is 50.4 Å². The number of pyridine rings is 1. The second-order valence-electron chi connectivity index (χ2n) is 7.32. The number of hydrazine groups is 1. The molecule has 0 aromatic carbocycles. The van der Waals surface area contributed by atoms with Gasteiger partial charge in [-0.1, -0.05) is 6.42 Å². The molecule has 0 atom stereocenters. The molecule has 0 aliphatic heterocycles. The van der Waals surface area contributed by atoms with E-state index in [1.807, 2.05) is 26.0 Å². The Labute approximate surface area is 178 Å². The summed E-state index contributed by atoms with van der Waals surface area (Å²) in [7, 11) is 1.65. The lowest BCUT2D eigenvalue weighted by molar-refractivity contribution is 0.0790. The second kappa shape index (κ2) is 12.2. The van der Waals surface area contributed by atoms with Crippen molar-refractivity contribution in [2.45, 2.75) is 52.1 Å². The topological polar surface area (TPSA) is 125 Å². The average molecular weight is 422 g/mol. The zero-order valence-electron chi connectivity index (χ0n) is 18.3. The third-order valence-corrected chi connectivity index (χ3v) is 4.96. The number of aryl methyl sites for hydroxylation is 1. The van der Waals surface area contributed by atoms with Gasteiger partial charge < -0.3 is 30.3 Å². The van der Waals surface area contributed by atoms with Gasteiger partial charge in [-0.25, -0.2) is 15.6 Å². The molecule has 168 valence electrons. The van der Waals surface area contributed by atoms with Gasteiger partial charge in [0.1, 0.15) is 12.4 Å². The van der Waals surface area contributed by atoms with Crippen LogP contribution in [0, 0.1) is 6.92 Å². The fourth-order valence-corrected chi connectivity index (χ4v) is 3.29. The monoisotopic (exact) mass is 421 g/mol. The molecule has 1 aliphatic rings. The number of carbonyl (C=O) groups is 1. The Morgan fingerprint density at radius 1 is 1.27 bits per heavy atom. The molecule has 0 radical (unpaired) electrons. The standard InChI is InChI=1S/C21H35N5O4/c1-4-28-12-13-29-21(27)24-14-18(26(3)23)20(22)17-10-11-19(15(2)25-17)30-16-8-6-5-7-9-16/h10-11,16H,4-9,12-14,22-23H2,1-3H3,(H,24,27)/b20-18-. The van der Waals surface area contributed by atoms with Crippen LogP contribution in [0.15, 0.2) is 17.8 Å². The van der Waals surface area contributed by atoms with Crippen molar-refractivity contribution in [1.29, 1.82) is 0 Å². The van der Waals surface area contributed by atoms with E-state index in [0.29, 0.717) is 30.3 Å². The van der Waals surface area contributed by atoms with Crippen LogP contribution in [0.3, 0.4) is 0 Å². The Kier molecular flexibility index (Phi) is 9.69. The number of nitrogens with zero attached hydrogens (tertiary/aromatic N) is 2. The zero-order valence-corrected chi connectivity index (χ0v) is 18.3. The van der Waals surface area contributed by atoms with Crippen molar-refractivity contribution in [3.63, 3.8) is 0 Å².